The van der Waals surface area contributed by atoms with Crippen molar-refractivity contribution in [1.29, 1.82) is 0 Å². The highest BCUT2D eigenvalue weighted by molar-refractivity contribution is 14.0. The lowest BCUT2D eigenvalue weighted by atomic mass is 10.3. The third-order valence-corrected chi connectivity index (χ3v) is 2.56. The summed E-state index contributed by atoms with van der Waals surface area (Å²) in [5, 5.41) is 6.52. The van der Waals surface area contributed by atoms with Gasteiger partial charge in [-0.15, -0.1) is 24.0 Å². The summed E-state index contributed by atoms with van der Waals surface area (Å²) < 4.78 is 5.10. The summed E-state index contributed by atoms with van der Waals surface area (Å²) in [4.78, 5) is 8.84. The Balaban J connectivity index is 0.00000361. The van der Waals surface area contributed by atoms with E-state index < -0.39 is 0 Å². The van der Waals surface area contributed by atoms with Gasteiger partial charge in [0.25, 0.3) is 0 Å². The van der Waals surface area contributed by atoms with Crippen LogP contribution >= 0.6 is 24.0 Å². The lowest BCUT2D eigenvalue weighted by molar-refractivity contribution is 0.396. The summed E-state index contributed by atoms with van der Waals surface area (Å²) in [5.41, 5.74) is 0.895. The summed E-state index contributed by atoms with van der Waals surface area (Å²) in [7, 11) is 1.62. The molecule has 1 heterocycles. The SMILES string of the molecule is CCCCNC(=NCc1cccc(OC)n1)NCC.I. The quantitative estimate of drug-likeness (QED) is 0.324. The number of nitrogens with zero attached hydrogens (tertiary/aromatic N) is 2. The molecule has 0 aromatic carbocycles. The van der Waals surface area contributed by atoms with E-state index >= 15 is 0 Å². The monoisotopic (exact) mass is 392 g/mol. The summed E-state index contributed by atoms with van der Waals surface area (Å²) in [6, 6.07) is 5.70. The van der Waals surface area contributed by atoms with Crippen LogP contribution in [0, 0.1) is 0 Å². The minimum Gasteiger partial charge on any atom is -0.481 e. The Kier molecular flexibility index (Phi) is 11.1. The Bertz CT molecular complexity index is 399. The average molecular weight is 392 g/mol. The first-order valence-corrected chi connectivity index (χ1v) is 6.82. The largest absolute Gasteiger partial charge is 0.481 e. The minimum atomic E-state index is 0. The minimum absolute atomic E-state index is 0. The molecule has 2 N–H and O–H groups in total. The molecular formula is C14H25IN4O. The molecule has 6 heteroatoms. The molecule has 0 saturated carbocycles. The zero-order valence-electron chi connectivity index (χ0n) is 12.5. The van der Waals surface area contributed by atoms with Crippen molar-refractivity contribution in [3.63, 3.8) is 0 Å². The van der Waals surface area contributed by atoms with Gasteiger partial charge in [-0.05, 0) is 19.4 Å². The second-order valence-electron chi connectivity index (χ2n) is 4.15. The normalized spacial score (nSPS) is 10.7. The average Bonchev–Trinajstić information content (AvgIpc) is 2.45. The fourth-order valence-electron chi connectivity index (χ4n) is 1.54. The van der Waals surface area contributed by atoms with Crippen molar-refractivity contribution in [3.8, 4) is 5.88 Å². The number of guanidine groups is 1. The van der Waals surface area contributed by atoms with Crippen molar-refractivity contribution >= 4 is 29.9 Å². The van der Waals surface area contributed by atoms with E-state index in [1.54, 1.807) is 7.11 Å². The van der Waals surface area contributed by atoms with E-state index in [-0.39, 0.29) is 24.0 Å². The van der Waals surface area contributed by atoms with Crippen LogP contribution in [0.3, 0.4) is 0 Å². The maximum atomic E-state index is 5.10. The smallest absolute Gasteiger partial charge is 0.213 e. The van der Waals surface area contributed by atoms with Crippen molar-refractivity contribution < 1.29 is 4.74 Å². The maximum Gasteiger partial charge on any atom is 0.213 e. The van der Waals surface area contributed by atoms with Crippen LogP contribution in [0.5, 0.6) is 5.88 Å². The van der Waals surface area contributed by atoms with Gasteiger partial charge in [-0.1, -0.05) is 19.4 Å². The summed E-state index contributed by atoms with van der Waals surface area (Å²) >= 11 is 0. The molecule has 0 radical (unpaired) electrons. The van der Waals surface area contributed by atoms with E-state index in [1.807, 2.05) is 18.2 Å². The van der Waals surface area contributed by atoms with Gasteiger partial charge >= 0.3 is 0 Å². The second-order valence-corrected chi connectivity index (χ2v) is 4.15. The number of aliphatic imine (C=N–C) groups is 1. The third kappa shape index (κ3) is 7.52. The molecule has 0 unspecified atom stereocenters. The number of halogens is 1. The Morgan fingerprint density at radius 2 is 2.10 bits per heavy atom. The number of hydrogen-bond acceptors (Lipinski definition) is 3. The number of unbranched alkanes of at least 4 members (excludes halogenated alkanes) is 1. The molecule has 0 amide bonds. The molecule has 1 aromatic rings. The van der Waals surface area contributed by atoms with Crippen LogP contribution in [0.4, 0.5) is 0 Å². The Morgan fingerprint density at radius 3 is 2.75 bits per heavy atom. The first-order valence-electron chi connectivity index (χ1n) is 6.82. The molecule has 1 aromatic heterocycles. The molecule has 0 atom stereocenters. The van der Waals surface area contributed by atoms with Gasteiger partial charge in [0.1, 0.15) is 0 Å². The van der Waals surface area contributed by atoms with Crippen molar-refractivity contribution in [1.82, 2.24) is 15.6 Å². The molecule has 0 spiro atoms. The number of rotatable bonds is 7. The van der Waals surface area contributed by atoms with Gasteiger partial charge in [-0.3, -0.25) is 0 Å². The van der Waals surface area contributed by atoms with Crippen molar-refractivity contribution in [2.75, 3.05) is 20.2 Å². The molecule has 0 bridgehead atoms. The van der Waals surface area contributed by atoms with E-state index in [1.165, 1.54) is 6.42 Å². The first kappa shape index (κ1) is 18.9. The highest BCUT2D eigenvalue weighted by Gasteiger charge is 1.99. The van der Waals surface area contributed by atoms with Gasteiger partial charge in [-0.25, -0.2) is 9.98 Å². The van der Waals surface area contributed by atoms with Crippen LogP contribution in [0.2, 0.25) is 0 Å². The molecule has 0 fully saturated rings. The Hall–Kier alpha value is -1.05. The van der Waals surface area contributed by atoms with Crippen LogP contribution in [0.1, 0.15) is 32.4 Å². The molecule has 0 aliphatic carbocycles. The maximum absolute atomic E-state index is 5.10. The van der Waals surface area contributed by atoms with Gasteiger partial charge in [0.2, 0.25) is 5.88 Å². The molecule has 20 heavy (non-hydrogen) atoms. The predicted octanol–water partition coefficient (Wildman–Crippen LogP) is 2.56. The number of ether oxygens (including phenoxy) is 1. The van der Waals surface area contributed by atoms with E-state index in [4.69, 9.17) is 4.74 Å². The number of pyridine rings is 1. The van der Waals surface area contributed by atoms with Gasteiger partial charge in [0.05, 0.1) is 19.3 Å². The topological polar surface area (TPSA) is 58.5 Å². The fraction of sp³-hybridized carbons (Fsp3) is 0.571. The van der Waals surface area contributed by atoms with Crippen molar-refractivity contribution in [3.05, 3.63) is 23.9 Å². The van der Waals surface area contributed by atoms with E-state index in [2.05, 4.69) is 34.5 Å². The highest BCUT2D eigenvalue weighted by atomic mass is 127. The lowest BCUT2D eigenvalue weighted by Gasteiger charge is -2.10. The Morgan fingerprint density at radius 1 is 1.30 bits per heavy atom. The van der Waals surface area contributed by atoms with E-state index in [0.717, 1.165) is 31.2 Å². The highest BCUT2D eigenvalue weighted by Crippen LogP contribution is 2.07. The second kappa shape index (κ2) is 11.7. The van der Waals surface area contributed by atoms with Crippen LogP contribution in [-0.4, -0.2) is 31.1 Å². The summed E-state index contributed by atoms with van der Waals surface area (Å²) in [5.74, 6) is 1.46. The summed E-state index contributed by atoms with van der Waals surface area (Å²) in [6.07, 6.45) is 2.31. The number of aromatic nitrogens is 1. The van der Waals surface area contributed by atoms with E-state index in [9.17, 15) is 0 Å². The van der Waals surface area contributed by atoms with Gasteiger partial charge in [-0.2, -0.15) is 0 Å². The van der Waals surface area contributed by atoms with Gasteiger partial charge < -0.3 is 15.4 Å². The molecule has 0 saturated heterocycles. The number of nitrogens with one attached hydrogen (secondary N) is 2. The molecule has 0 aliphatic rings. The standard InChI is InChI=1S/C14H24N4O.HI/c1-4-6-10-16-14(15-5-2)17-11-12-8-7-9-13(18-12)19-3;/h7-9H,4-6,10-11H2,1-3H3,(H2,15,16,17);1H. The zero-order chi connectivity index (χ0) is 13.9. The van der Waals surface area contributed by atoms with Crippen molar-refractivity contribution in [2.24, 2.45) is 4.99 Å². The zero-order valence-corrected chi connectivity index (χ0v) is 14.8. The number of hydrogen-bond donors (Lipinski definition) is 2. The fourth-order valence-corrected chi connectivity index (χ4v) is 1.54. The summed E-state index contributed by atoms with van der Waals surface area (Å²) in [6.45, 7) is 6.56. The van der Waals surface area contributed by atoms with E-state index in [0.29, 0.717) is 12.4 Å². The lowest BCUT2D eigenvalue weighted by Crippen LogP contribution is -2.37. The molecule has 5 nitrogen and oxygen atoms in total. The first-order chi connectivity index (χ1) is 9.30. The van der Waals surface area contributed by atoms with Gasteiger partial charge in [0.15, 0.2) is 5.96 Å². The predicted molar refractivity (Wildman–Crippen MR) is 93.9 cm³/mol. The van der Waals surface area contributed by atoms with Crippen LogP contribution in [0.15, 0.2) is 23.2 Å². The van der Waals surface area contributed by atoms with Gasteiger partial charge in [0, 0.05) is 19.2 Å². The Labute approximate surface area is 138 Å². The molecule has 114 valence electrons. The van der Waals surface area contributed by atoms with Crippen LogP contribution < -0.4 is 15.4 Å². The number of methoxy groups -OCH3 is 1. The van der Waals surface area contributed by atoms with Crippen LogP contribution in [-0.2, 0) is 6.54 Å². The molecule has 0 aliphatic heterocycles. The molecule has 1 rings (SSSR count). The van der Waals surface area contributed by atoms with Crippen molar-refractivity contribution in [2.45, 2.75) is 33.2 Å². The molecular weight excluding hydrogens is 367 g/mol. The third-order valence-electron chi connectivity index (χ3n) is 2.56. The van der Waals surface area contributed by atoms with Crippen LogP contribution in [0.25, 0.3) is 0 Å².